The van der Waals surface area contributed by atoms with Crippen LogP contribution in [0.3, 0.4) is 0 Å². The predicted molar refractivity (Wildman–Crippen MR) is 55.2 cm³/mol. The largest absolute Gasteiger partial charge is 0.325 e. The second-order valence-electron chi connectivity index (χ2n) is 4.06. The first-order chi connectivity index (χ1) is 6.83. The second kappa shape index (κ2) is 4.17. The lowest BCUT2D eigenvalue weighted by atomic mass is 10.2. The summed E-state index contributed by atoms with van der Waals surface area (Å²) < 4.78 is 0. The van der Waals surface area contributed by atoms with E-state index in [0.29, 0.717) is 6.04 Å². The molecule has 80 valence electrons. The summed E-state index contributed by atoms with van der Waals surface area (Å²) in [4.78, 5) is 16.0. The van der Waals surface area contributed by atoms with Gasteiger partial charge >= 0.3 is 6.03 Å². The molecule has 0 aromatic carbocycles. The average molecular weight is 197 g/mol. The number of nitrogens with zero attached hydrogens (tertiary/aromatic N) is 2. The molecule has 4 heteroatoms. The van der Waals surface area contributed by atoms with Gasteiger partial charge in [-0.2, -0.15) is 0 Å². The van der Waals surface area contributed by atoms with Crippen molar-refractivity contribution in [2.45, 2.75) is 25.8 Å². The van der Waals surface area contributed by atoms with Gasteiger partial charge in [0.2, 0.25) is 0 Å². The highest BCUT2D eigenvalue weighted by Crippen LogP contribution is 2.16. The van der Waals surface area contributed by atoms with Crippen LogP contribution >= 0.6 is 0 Å². The van der Waals surface area contributed by atoms with Crippen molar-refractivity contribution in [1.82, 2.24) is 15.1 Å². The Balaban J connectivity index is 1.99. The molecule has 0 bridgehead atoms. The van der Waals surface area contributed by atoms with Gasteiger partial charge in [0.1, 0.15) is 0 Å². The Bertz CT molecular complexity index is 213. The lowest BCUT2D eigenvalue weighted by Crippen LogP contribution is -2.53. The molecule has 2 fully saturated rings. The van der Waals surface area contributed by atoms with Crippen LogP contribution in [0.2, 0.25) is 0 Å². The Kier molecular flexibility index (Phi) is 2.91. The van der Waals surface area contributed by atoms with Crippen molar-refractivity contribution in [3.05, 3.63) is 0 Å². The number of amides is 2. The number of hydrogen-bond donors (Lipinski definition) is 1. The summed E-state index contributed by atoms with van der Waals surface area (Å²) in [6, 6.07) is 0.685. The molecule has 2 saturated heterocycles. The minimum Gasteiger partial charge on any atom is -0.325 e. The van der Waals surface area contributed by atoms with Gasteiger partial charge in [-0.3, -0.25) is 0 Å². The van der Waals surface area contributed by atoms with Crippen molar-refractivity contribution in [2.24, 2.45) is 0 Å². The standard InChI is InChI=1S/C10H19N3O/c1-2-12-6-3-7-13(10(12)14)9-4-5-11-8-9/h9,11H,2-8H2,1H3. The van der Waals surface area contributed by atoms with Crippen molar-refractivity contribution in [3.63, 3.8) is 0 Å². The van der Waals surface area contributed by atoms with Crippen LogP contribution in [0.25, 0.3) is 0 Å². The zero-order chi connectivity index (χ0) is 9.97. The van der Waals surface area contributed by atoms with E-state index in [9.17, 15) is 4.79 Å². The monoisotopic (exact) mass is 197 g/mol. The maximum atomic E-state index is 12.0. The fourth-order valence-corrected chi connectivity index (χ4v) is 2.34. The SMILES string of the molecule is CCN1CCCN(C2CCNC2)C1=O. The van der Waals surface area contributed by atoms with Crippen molar-refractivity contribution < 1.29 is 4.79 Å². The summed E-state index contributed by atoms with van der Waals surface area (Å²) in [6.45, 7) is 6.81. The Labute approximate surface area is 85.2 Å². The summed E-state index contributed by atoms with van der Waals surface area (Å²) >= 11 is 0. The number of nitrogens with one attached hydrogen (secondary N) is 1. The highest BCUT2D eigenvalue weighted by molar-refractivity contribution is 5.75. The Hall–Kier alpha value is -0.770. The van der Waals surface area contributed by atoms with Gasteiger partial charge in [0.05, 0.1) is 0 Å². The fourth-order valence-electron chi connectivity index (χ4n) is 2.34. The molecule has 2 rings (SSSR count). The van der Waals surface area contributed by atoms with Crippen LogP contribution in [-0.2, 0) is 0 Å². The third-order valence-electron chi connectivity index (χ3n) is 3.20. The molecule has 0 radical (unpaired) electrons. The van der Waals surface area contributed by atoms with Gasteiger partial charge in [-0.15, -0.1) is 0 Å². The van der Waals surface area contributed by atoms with E-state index in [0.717, 1.165) is 45.6 Å². The van der Waals surface area contributed by atoms with Gasteiger partial charge in [-0.1, -0.05) is 0 Å². The zero-order valence-electron chi connectivity index (χ0n) is 8.83. The van der Waals surface area contributed by atoms with Crippen LogP contribution in [0, 0.1) is 0 Å². The Morgan fingerprint density at radius 1 is 1.50 bits per heavy atom. The maximum Gasteiger partial charge on any atom is 0.320 e. The van der Waals surface area contributed by atoms with E-state index in [-0.39, 0.29) is 6.03 Å². The number of carbonyl (C=O) groups excluding carboxylic acids is 1. The van der Waals surface area contributed by atoms with Crippen LogP contribution in [-0.4, -0.2) is 54.6 Å². The van der Waals surface area contributed by atoms with Gasteiger partial charge in [0, 0.05) is 32.2 Å². The molecule has 0 aliphatic carbocycles. The topological polar surface area (TPSA) is 35.6 Å². The van der Waals surface area contributed by atoms with Crippen molar-refractivity contribution in [2.75, 3.05) is 32.7 Å². The molecule has 2 aliphatic rings. The molecule has 14 heavy (non-hydrogen) atoms. The van der Waals surface area contributed by atoms with Gasteiger partial charge in [0.25, 0.3) is 0 Å². The first-order valence-corrected chi connectivity index (χ1v) is 5.59. The lowest BCUT2D eigenvalue weighted by Gasteiger charge is -2.38. The number of carbonyl (C=O) groups is 1. The van der Waals surface area contributed by atoms with Crippen LogP contribution in [0.5, 0.6) is 0 Å². The molecule has 0 aromatic heterocycles. The molecule has 2 aliphatic heterocycles. The number of rotatable bonds is 2. The van der Waals surface area contributed by atoms with Crippen molar-refractivity contribution >= 4 is 6.03 Å². The van der Waals surface area contributed by atoms with Crippen molar-refractivity contribution in [1.29, 1.82) is 0 Å². The van der Waals surface area contributed by atoms with Crippen LogP contribution in [0.4, 0.5) is 4.79 Å². The van der Waals surface area contributed by atoms with E-state index >= 15 is 0 Å². The third kappa shape index (κ3) is 1.71. The molecule has 0 aromatic rings. The number of hydrogen-bond acceptors (Lipinski definition) is 2. The quantitative estimate of drug-likeness (QED) is 0.699. The smallest absolute Gasteiger partial charge is 0.320 e. The summed E-state index contributed by atoms with van der Waals surface area (Å²) in [7, 11) is 0. The highest BCUT2D eigenvalue weighted by atomic mass is 16.2. The molecule has 4 nitrogen and oxygen atoms in total. The predicted octanol–water partition coefficient (Wildman–Crippen LogP) is 0.496. The average Bonchev–Trinajstić information content (AvgIpc) is 2.71. The van der Waals surface area contributed by atoms with E-state index in [4.69, 9.17) is 0 Å². The number of urea groups is 1. The third-order valence-corrected chi connectivity index (χ3v) is 3.20. The zero-order valence-corrected chi connectivity index (χ0v) is 8.83. The molecule has 2 heterocycles. The molecule has 0 saturated carbocycles. The first kappa shape index (κ1) is 9.77. The summed E-state index contributed by atoms with van der Waals surface area (Å²) in [6.07, 6.45) is 2.24. The molecule has 1 unspecified atom stereocenters. The molecule has 2 amide bonds. The minimum atomic E-state index is 0.243. The first-order valence-electron chi connectivity index (χ1n) is 5.59. The Morgan fingerprint density at radius 3 is 3.00 bits per heavy atom. The summed E-state index contributed by atoms with van der Waals surface area (Å²) in [5.74, 6) is 0. The van der Waals surface area contributed by atoms with E-state index in [2.05, 4.69) is 5.32 Å². The summed E-state index contributed by atoms with van der Waals surface area (Å²) in [5, 5.41) is 3.31. The van der Waals surface area contributed by atoms with Crippen LogP contribution in [0.15, 0.2) is 0 Å². The molecule has 0 spiro atoms. The van der Waals surface area contributed by atoms with Gasteiger partial charge in [-0.25, -0.2) is 4.79 Å². The minimum absolute atomic E-state index is 0.243. The van der Waals surface area contributed by atoms with Gasteiger partial charge in [-0.05, 0) is 26.3 Å². The van der Waals surface area contributed by atoms with E-state index in [1.54, 1.807) is 0 Å². The van der Waals surface area contributed by atoms with Crippen molar-refractivity contribution in [3.8, 4) is 0 Å². The maximum absolute atomic E-state index is 12.0. The second-order valence-corrected chi connectivity index (χ2v) is 4.06. The fraction of sp³-hybridized carbons (Fsp3) is 0.900. The summed E-state index contributed by atoms with van der Waals surface area (Å²) in [5.41, 5.74) is 0. The van der Waals surface area contributed by atoms with Crippen LogP contribution in [0.1, 0.15) is 19.8 Å². The van der Waals surface area contributed by atoms with E-state index in [1.165, 1.54) is 0 Å². The molecular formula is C10H19N3O. The molecule has 1 N–H and O–H groups in total. The van der Waals surface area contributed by atoms with E-state index < -0.39 is 0 Å². The van der Waals surface area contributed by atoms with Gasteiger partial charge < -0.3 is 15.1 Å². The molecule has 1 atom stereocenters. The highest BCUT2D eigenvalue weighted by Gasteiger charge is 2.31. The van der Waals surface area contributed by atoms with Crippen LogP contribution < -0.4 is 5.32 Å². The lowest BCUT2D eigenvalue weighted by molar-refractivity contribution is 0.114. The Morgan fingerprint density at radius 2 is 2.36 bits per heavy atom. The normalized spacial score (nSPS) is 28.6. The van der Waals surface area contributed by atoms with E-state index in [1.807, 2.05) is 16.7 Å². The van der Waals surface area contributed by atoms with Gasteiger partial charge in [0.15, 0.2) is 0 Å². The molecular weight excluding hydrogens is 178 g/mol.